The maximum absolute atomic E-state index is 11.8. The van der Waals surface area contributed by atoms with E-state index in [0.29, 0.717) is 18.8 Å². The van der Waals surface area contributed by atoms with Gasteiger partial charge < -0.3 is 4.90 Å². The molecule has 0 saturated carbocycles. The Bertz CT molecular complexity index is 171. The van der Waals surface area contributed by atoms with E-state index in [1.807, 2.05) is 18.7 Å². The van der Waals surface area contributed by atoms with Gasteiger partial charge in [0.2, 0.25) is 5.91 Å². The molecule has 0 aliphatic carbocycles. The number of nitrogens with zero attached hydrogens (tertiary/aromatic N) is 1. The van der Waals surface area contributed by atoms with Gasteiger partial charge in [0.1, 0.15) is 0 Å². The molecule has 0 radical (unpaired) electrons. The Balaban J connectivity index is 3.82. The smallest absolute Gasteiger partial charge is 0.222 e. The number of amides is 1. The maximum Gasteiger partial charge on any atom is 0.222 e. The van der Waals surface area contributed by atoms with Gasteiger partial charge in [0.25, 0.3) is 0 Å². The van der Waals surface area contributed by atoms with Gasteiger partial charge in [-0.2, -0.15) is 0 Å². The molecule has 0 aromatic heterocycles. The SMILES string of the molecule is CCCCCCC(=O)N(CCCl)C(C)C. The molecule has 0 spiro atoms. The van der Waals surface area contributed by atoms with Crippen molar-refractivity contribution in [3.8, 4) is 0 Å². The fraction of sp³-hybridized carbons (Fsp3) is 0.917. The first-order valence-corrected chi connectivity index (χ1v) is 6.52. The van der Waals surface area contributed by atoms with Crippen molar-refractivity contribution < 1.29 is 4.79 Å². The van der Waals surface area contributed by atoms with E-state index >= 15 is 0 Å². The van der Waals surface area contributed by atoms with Gasteiger partial charge in [0, 0.05) is 24.9 Å². The second-order valence-electron chi connectivity index (χ2n) is 4.18. The van der Waals surface area contributed by atoms with Crippen molar-refractivity contribution in [3.05, 3.63) is 0 Å². The highest BCUT2D eigenvalue weighted by molar-refractivity contribution is 6.18. The minimum Gasteiger partial charge on any atom is -0.339 e. The summed E-state index contributed by atoms with van der Waals surface area (Å²) < 4.78 is 0. The molecule has 0 atom stereocenters. The first-order valence-electron chi connectivity index (χ1n) is 5.98. The second-order valence-corrected chi connectivity index (χ2v) is 4.56. The normalized spacial score (nSPS) is 10.7. The molecule has 0 N–H and O–H groups in total. The Morgan fingerprint density at radius 1 is 1.27 bits per heavy atom. The molecule has 0 heterocycles. The number of carbonyl (C=O) groups excluding carboxylic acids is 1. The van der Waals surface area contributed by atoms with Crippen LogP contribution in [0.25, 0.3) is 0 Å². The van der Waals surface area contributed by atoms with E-state index in [-0.39, 0.29) is 11.9 Å². The quantitative estimate of drug-likeness (QED) is 0.465. The topological polar surface area (TPSA) is 20.3 Å². The van der Waals surface area contributed by atoms with Gasteiger partial charge in [-0.15, -0.1) is 11.6 Å². The van der Waals surface area contributed by atoms with Crippen molar-refractivity contribution in [3.63, 3.8) is 0 Å². The highest BCUT2D eigenvalue weighted by Gasteiger charge is 2.15. The molecule has 3 heteroatoms. The number of unbranched alkanes of at least 4 members (excludes halogenated alkanes) is 3. The molecule has 0 aromatic rings. The lowest BCUT2D eigenvalue weighted by atomic mass is 10.1. The van der Waals surface area contributed by atoms with E-state index < -0.39 is 0 Å². The standard InChI is InChI=1S/C12H24ClNO/c1-4-5-6-7-8-12(15)14(10-9-13)11(2)3/h11H,4-10H2,1-3H3. The first-order chi connectivity index (χ1) is 7.13. The average Bonchev–Trinajstić information content (AvgIpc) is 2.20. The maximum atomic E-state index is 11.8. The largest absolute Gasteiger partial charge is 0.339 e. The van der Waals surface area contributed by atoms with E-state index in [9.17, 15) is 4.79 Å². The number of halogens is 1. The monoisotopic (exact) mass is 233 g/mol. The Labute approximate surface area is 99.0 Å². The minimum absolute atomic E-state index is 0.252. The number of alkyl halides is 1. The summed E-state index contributed by atoms with van der Waals surface area (Å²) in [6.07, 6.45) is 5.29. The van der Waals surface area contributed by atoms with Crippen LogP contribution in [-0.4, -0.2) is 29.3 Å². The van der Waals surface area contributed by atoms with Crippen LogP contribution < -0.4 is 0 Å². The summed E-state index contributed by atoms with van der Waals surface area (Å²) in [6, 6.07) is 0.266. The Morgan fingerprint density at radius 3 is 2.40 bits per heavy atom. The molecule has 0 aromatic carbocycles. The third-order valence-electron chi connectivity index (χ3n) is 2.51. The van der Waals surface area contributed by atoms with Gasteiger partial charge in [-0.25, -0.2) is 0 Å². The van der Waals surface area contributed by atoms with Gasteiger partial charge in [0.15, 0.2) is 0 Å². The highest BCUT2D eigenvalue weighted by Crippen LogP contribution is 2.08. The number of rotatable bonds is 8. The number of hydrogen-bond donors (Lipinski definition) is 0. The zero-order valence-corrected chi connectivity index (χ0v) is 11.0. The summed E-state index contributed by atoms with van der Waals surface area (Å²) in [4.78, 5) is 13.7. The molecule has 1 amide bonds. The minimum atomic E-state index is 0.252. The molecular weight excluding hydrogens is 210 g/mol. The molecule has 15 heavy (non-hydrogen) atoms. The van der Waals surface area contributed by atoms with E-state index in [2.05, 4.69) is 6.92 Å². The zero-order chi connectivity index (χ0) is 11.7. The van der Waals surface area contributed by atoms with Crippen LogP contribution in [0.5, 0.6) is 0 Å². The third kappa shape index (κ3) is 6.77. The molecular formula is C12H24ClNO. The van der Waals surface area contributed by atoms with Crippen LogP contribution in [-0.2, 0) is 4.79 Å². The van der Waals surface area contributed by atoms with Gasteiger partial charge in [-0.1, -0.05) is 26.2 Å². The van der Waals surface area contributed by atoms with Crippen LogP contribution in [0.15, 0.2) is 0 Å². The Kier molecular flexibility index (Phi) is 8.88. The highest BCUT2D eigenvalue weighted by atomic mass is 35.5. The summed E-state index contributed by atoms with van der Waals surface area (Å²) in [6.45, 7) is 6.93. The van der Waals surface area contributed by atoms with Crippen LogP contribution in [0.3, 0.4) is 0 Å². The molecule has 2 nitrogen and oxygen atoms in total. The Morgan fingerprint density at radius 2 is 1.93 bits per heavy atom. The van der Waals surface area contributed by atoms with E-state index in [0.717, 1.165) is 12.8 Å². The van der Waals surface area contributed by atoms with Crippen molar-refractivity contribution >= 4 is 17.5 Å². The van der Waals surface area contributed by atoms with E-state index in [1.165, 1.54) is 12.8 Å². The lowest BCUT2D eigenvalue weighted by Crippen LogP contribution is -2.38. The third-order valence-corrected chi connectivity index (χ3v) is 2.68. The van der Waals surface area contributed by atoms with Gasteiger partial charge in [-0.05, 0) is 20.3 Å². The van der Waals surface area contributed by atoms with Crippen molar-refractivity contribution in [2.75, 3.05) is 12.4 Å². The summed E-state index contributed by atoms with van der Waals surface area (Å²) in [5.41, 5.74) is 0. The van der Waals surface area contributed by atoms with Crippen LogP contribution in [0.1, 0.15) is 52.9 Å². The first kappa shape index (κ1) is 14.8. The molecule has 0 saturated heterocycles. The van der Waals surface area contributed by atoms with Crippen LogP contribution in [0.4, 0.5) is 0 Å². The lowest BCUT2D eigenvalue weighted by molar-refractivity contribution is -0.132. The van der Waals surface area contributed by atoms with Gasteiger partial charge in [0.05, 0.1) is 0 Å². The predicted molar refractivity (Wildman–Crippen MR) is 66.3 cm³/mol. The summed E-state index contributed by atoms with van der Waals surface area (Å²) in [7, 11) is 0. The summed E-state index contributed by atoms with van der Waals surface area (Å²) >= 11 is 5.67. The molecule has 0 aliphatic heterocycles. The fourth-order valence-electron chi connectivity index (χ4n) is 1.61. The van der Waals surface area contributed by atoms with Crippen LogP contribution >= 0.6 is 11.6 Å². The fourth-order valence-corrected chi connectivity index (χ4v) is 1.79. The van der Waals surface area contributed by atoms with Gasteiger partial charge in [-0.3, -0.25) is 4.79 Å². The summed E-state index contributed by atoms with van der Waals surface area (Å²) in [5.74, 6) is 0.778. The molecule has 0 fully saturated rings. The zero-order valence-electron chi connectivity index (χ0n) is 10.3. The molecule has 0 aliphatic rings. The molecule has 0 rings (SSSR count). The van der Waals surface area contributed by atoms with Gasteiger partial charge >= 0.3 is 0 Å². The molecule has 0 unspecified atom stereocenters. The molecule has 90 valence electrons. The second kappa shape index (κ2) is 9.02. The van der Waals surface area contributed by atoms with Crippen LogP contribution in [0, 0.1) is 0 Å². The van der Waals surface area contributed by atoms with E-state index in [4.69, 9.17) is 11.6 Å². The van der Waals surface area contributed by atoms with Crippen molar-refractivity contribution in [2.24, 2.45) is 0 Å². The average molecular weight is 234 g/mol. The predicted octanol–water partition coefficient (Wildman–Crippen LogP) is 3.43. The van der Waals surface area contributed by atoms with Crippen molar-refractivity contribution in [1.82, 2.24) is 4.90 Å². The lowest BCUT2D eigenvalue weighted by Gasteiger charge is -2.25. The van der Waals surface area contributed by atoms with E-state index in [1.54, 1.807) is 0 Å². The van der Waals surface area contributed by atoms with Crippen molar-refractivity contribution in [2.45, 2.75) is 58.9 Å². The number of carbonyl (C=O) groups is 1. The van der Waals surface area contributed by atoms with Crippen molar-refractivity contribution in [1.29, 1.82) is 0 Å². The Hall–Kier alpha value is -0.240. The number of hydrogen-bond acceptors (Lipinski definition) is 1. The molecule has 0 bridgehead atoms. The summed E-state index contributed by atoms with van der Waals surface area (Å²) in [5, 5.41) is 0. The van der Waals surface area contributed by atoms with Crippen LogP contribution in [0.2, 0.25) is 0 Å².